The van der Waals surface area contributed by atoms with E-state index in [0.717, 1.165) is 8.87 Å². The molecule has 21 heavy (non-hydrogen) atoms. The average molecular weight is 405 g/mol. The fourth-order valence-electron chi connectivity index (χ4n) is 2.86. The first-order valence-electron chi connectivity index (χ1n) is 8.01. The van der Waals surface area contributed by atoms with Gasteiger partial charge in [0.2, 0.25) is 0 Å². The van der Waals surface area contributed by atoms with Gasteiger partial charge in [-0.25, -0.2) is 0 Å². The molecule has 0 aliphatic carbocycles. The number of hydrogen-bond donors (Lipinski definition) is 0. The maximum absolute atomic E-state index is 12.6. The van der Waals surface area contributed by atoms with Crippen LogP contribution >= 0.6 is 0 Å². The molecule has 0 atom stereocenters. The Morgan fingerprint density at radius 3 is 2.05 bits per heavy atom. The molecule has 5 heteroatoms. The van der Waals surface area contributed by atoms with Crippen LogP contribution in [0.1, 0.15) is 60.8 Å². The molecule has 1 aliphatic heterocycles. The summed E-state index contributed by atoms with van der Waals surface area (Å²) in [6.45, 7) is 12.2. The Bertz CT molecular complexity index is 378. The van der Waals surface area contributed by atoms with E-state index in [4.69, 9.17) is 6.15 Å². The molecule has 0 radical (unpaired) electrons. The van der Waals surface area contributed by atoms with Gasteiger partial charge in [-0.1, -0.05) is 0 Å². The summed E-state index contributed by atoms with van der Waals surface area (Å²) in [6.07, 6.45) is 1.76. The van der Waals surface area contributed by atoms with Gasteiger partial charge < -0.3 is 0 Å². The zero-order chi connectivity index (χ0) is 16.3. The van der Waals surface area contributed by atoms with E-state index in [1.165, 1.54) is 0 Å². The standard InChI is InChI=1S/C8H14O4.2C4H9.Sn/c1-8(2,7(11)12)5-3-4-6(9)10;2*1-4(2)3;/h3-5H2,1-2H3,(H,9,10)(H,11,12);2*4H,1H2,2-3H3;/q;;;+2/p-2. The van der Waals surface area contributed by atoms with Crippen LogP contribution in [0.25, 0.3) is 0 Å². The summed E-state index contributed by atoms with van der Waals surface area (Å²) < 4.78 is 13.4. The molecule has 4 nitrogen and oxygen atoms in total. The van der Waals surface area contributed by atoms with E-state index >= 15 is 0 Å². The monoisotopic (exact) mass is 406 g/mol. The fourth-order valence-corrected chi connectivity index (χ4v) is 14.7. The summed E-state index contributed by atoms with van der Waals surface area (Å²) in [5, 5.41) is 0. The average Bonchev–Trinajstić information content (AvgIpc) is 2.27. The molecule has 0 spiro atoms. The molecule has 1 heterocycles. The topological polar surface area (TPSA) is 52.6 Å². The predicted octanol–water partition coefficient (Wildman–Crippen LogP) is 4.04. The van der Waals surface area contributed by atoms with Gasteiger partial charge >= 0.3 is 134 Å². The van der Waals surface area contributed by atoms with E-state index in [1.54, 1.807) is 0 Å². The van der Waals surface area contributed by atoms with Crippen molar-refractivity contribution in [2.75, 3.05) is 0 Å². The first kappa shape index (κ1) is 18.8. The Morgan fingerprint density at radius 2 is 1.57 bits per heavy atom. The van der Waals surface area contributed by atoms with E-state index in [9.17, 15) is 9.59 Å². The third-order valence-electron chi connectivity index (χ3n) is 3.75. The summed E-state index contributed by atoms with van der Waals surface area (Å²) in [7, 11) is 0. The second kappa shape index (κ2) is 7.34. The second-order valence-corrected chi connectivity index (χ2v) is 16.4. The third kappa shape index (κ3) is 5.79. The molecule has 0 aromatic carbocycles. The molecule has 122 valence electrons. The van der Waals surface area contributed by atoms with Gasteiger partial charge in [0.15, 0.2) is 0 Å². The van der Waals surface area contributed by atoms with Crippen LogP contribution in [0.15, 0.2) is 0 Å². The van der Waals surface area contributed by atoms with Crippen LogP contribution in [0.5, 0.6) is 0 Å². The van der Waals surface area contributed by atoms with E-state index < -0.39 is 24.6 Å². The Labute approximate surface area is 133 Å². The van der Waals surface area contributed by atoms with E-state index in [0.29, 0.717) is 31.1 Å². The molecular formula is C16H30O4Sn. The van der Waals surface area contributed by atoms with Crippen molar-refractivity contribution in [1.29, 1.82) is 0 Å². The number of rotatable bonds is 4. The molecular weight excluding hydrogens is 375 g/mol. The van der Waals surface area contributed by atoms with Gasteiger partial charge in [0.05, 0.1) is 0 Å². The van der Waals surface area contributed by atoms with Crippen LogP contribution < -0.4 is 0 Å². The van der Waals surface area contributed by atoms with Gasteiger partial charge in [0, 0.05) is 0 Å². The van der Waals surface area contributed by atoms with E-state index in [2.05, 4.69) is 27.7 Å². The number of hydrogen-bond acceptors (Lipinski definition) is 4. The first-order chi connectivity index (χ1) is 9.56. The summed E-state index contributed by atoms with van der Waals surface area (Å²) >= 11 is -3.72. The Morgan fingerprint density at radius 1 is 1.05 bits per heavy atom. The quantitative estimate of drug-likeness (QED) is 0.663. The molecule has 0 aromatic heterocycles. The molecule has 0 unspecified atom stereocenters. The molecule has 1 aliphatic rings. The molecule has 0 saturated carbocycles. The van der Waals surface area contributed by atoms with E-state index in [1.807, 2.05) is 13.8 Å². The zero-order valence-corrected chi connectivity index (χ0v) is 17.2. The summed E-state index contributed by atoms with van der Waals surface area (Å²) in [5.74, 6) is 0.389. The number of carbonyl (C=O) groups is 2. The van der Waals surface area contributed by atoms with Gasteiger partial charge in [-0.3, -0.25) is 0 Å². The first-order valence-corrected chi connectivity index (χ1v) is 14.4. The van der Waals surface area contributed by atoms with E-state index in [-0.39, 0.29) is 11.9 Å². The van der Waals surface area contributed by atoms with Crippen molar-refractivity contribution < 1.29 is 15.7 Å². The zero-order valence-electron chi connectivity index (χ0n) is 14.3. The van der Waals surface area contributed by atoms with Crippen LogP contribution in [0.3, 0.4) is 0 Å². The van der Waals surface area contributed by atoms with Crippen LogP contribution in [-0.4, -0.2) is 31.1 Å². The molecule has 0 aromatic rings. The minimum atomic E-state index is -3.72. The van der Waals surface area contributed by atoms with Crippen molar-refractivity contribution in [2.45, 2.75) is 69.7 Å². The van der Waals surface area contributed by atoms with Crippen LogP contribution in [0, 0.1) is 17.3 Å². The Balaban J connectivity index is 3.13. The third-order valence-corrected chi connectivity index (χ3v) is 15.3. The van der Waals surface area contributed by atoms with Crippen LogP contribution in [0.4, 0.5) is 0 Å². The Hall–Kier alpha value is -0.261. The van der Waals surface area contributed by atoms with Crippen molar-refractivity contribution in [3.05, 3.63) is 0 Å². The van der Waals surface area contributed by atoms with Crippen molar-refractivity contribution in [2.24, 2.45) is 17.3 Å². The van der Waals surface area contributed by atoms with Crippen LogP contribution in [-0.2, 0) is 15.7 Å². The Kier molecular flexibility index (Phi) is 6.56. The molecule has 1 saturated heterocycles. The molecule has 0 bridgehead atoms. The van der Waals surface area contributed by atoms with Gasteiger partial charge in [0.1, 0.15) is 0 Å². The summed E-state index contributed by atoms with van der Waals surface area (Å²) in [4.78, 5) is 24.7. The summed E-state index contributed by atoms with van der Waals surface area (Å²) in [6, 6.07) is 0. The van der Waals surface area contributed by atoms with Crippen molar-refractivity contribution >= 4 is 31.1 Å². The normalized spacial score (nSPS) is 22.3. The molecule has 0 N–H and O–H groups in total. The second-order valence-electron chi connectivity index (χ2n) is 7.71. The van der Waals surface area contributed by atoms with Crippen molar-refractivity contribution in [3.8, 4) is 0 Å². The maximum atomic E-state index is 12.6. The van der Waals surface area contributed by atoms with Gasteiger partial charge in [-0.05, 0) is 0 Å². The predicted molar refractivity (Wildman–Crippen MR) is 84.9 cm³/mol. The van der Waals surface area contributed by atoms with Crippen molar-refractivity contribution in [1.82, 2.24) is 0 Å². The number of carbonyl (C=O) groups excluding carboxylic acids is 2. The van der Waals surface area contributed by atoms with Gasteiger partial charge in [-0.2, -0.15) is 0 Å². The molecule has 1 rings (SSSR count). The van der Waals surface area contributed by atoms with Crippen LogP contribution in [0.2, 0.25) is 8.87 Å². The SMILES string of the molecule is CC(C)[CH2][Sn]1([CH2]C(C)C)[O]C(=O)CCCC(C)(C)C(=O)[O]1. The molecule has 1 fully saturated rings. The summed E-state index contributed by atoms with van der Waals surface area (Å²) in [5.41, 5.74) is -0.524. The van der Waals surface area contributed by atoms with Gasteiger partial charge in [0.25, 0.3) is 0 Å². The van der Waals surface area contributed by atoms with Crippen molar-refractivity contribution in [3.63, 3.8) is 0 Å². The minimum absolute atomic E-state index is 0.169. The van der Waals surface area contributed by atoms with Gasteiger partial charge in [-0.15, -0.1) is 0 Å². The fraction of sp³-hybridized carbons (Fsp3) is 0.875. The molecule has 0 amide bonds.